The lowest BCUT2D eigenvalue weighted by Crippen LogP contribution is -2.38. The summed E-state index contributed by atoms with van der Waals surface area (Å²) in [5, 5.41) is 7.01. The number of nitrogens with one attached hydrogen (secondary N) is 1. The molecule has 1 heterocycles. The summed E-state index contributed by atoms with van der Waals surface area (Å²) < 4.78 is 39.7. The molecular weight excluding hydrogens is 421 g/mol. The first kappa shape index (κ1) is 23.1. The predicted octanol–water partition coefficient (Wildman–Crippen LogP) is 3.90. The van der Waals surface area contributed by atoms with Gasteiger partial charge in [-0.15, -0.1) is 0 Å². The van der Waals surface area contributed by atoms with Gasteiger partial charge in [0.2, 0.25) is 5.91 Å². The third kappa shape index (κ3) is 5.16. The fraction of sp³-hybridized carbons (Fsp3) is 0.261. The van der Waals surface area contributed by atoms with Crippen LogP contribution >= 0.6 is 0 Å². The van der Waals surface area contributed by atoms with Gasteiger partial charge in [-0.2, -0.15) is 18.3 Å². The van der Waals surface area contributed by atoms with Crippen LogP contribution in [0.5, 0.6) is 0 Å². The molecule has 0 unspecified atom stereocenters. The van der Waals surface area contributed by atoms with E-state index in [1.807, 2.05) is 48.9 Å². The van der Waals surface area contributed by atoms with Crippen LogP contribution in [0.1, 0.15) is 32.9 Å². The first-order valence-corrected chi connectivity index (χ1v) is 9.88. The van der Waals surface area contributed by atoms with E-state index in [-0.39, 0.29) is 18.0 Å². The number of alkyl halides is 3. The zero-order valence-electron chi connectivity index (χ0n) is 17.9. The smallest absolute Gasteiger partial charge is 0.343 e. The quantitative estimate of drug-likeness (QED) is 0.627. The summed E-state index contributed by atoms with van der Waals surface area (Å²) in [6.07, 6.45) is -4.47. The number of halogens is 3. The van der Waals surface area contributed by atoms with E-state index in [1.54, 1.807) is 7.05 Å². The fourth-order valence-electron chi connectivity index (χ4n) is 3.25. The van der Waals surface area contributed by atoms with Gasteiger partial charge in [-0.1, -0.05) is 18.2 Å². The lowest BCUT2D eigenvalue weighted by molar-refractivity contribution is -0.137. The Bertz CT molecular complexity index is 1110. The van der Waals surface area contributed by atoms with Crippen molar-refractivity contribution >= 4 is 11.8 Å². The molecule has 168 valence electrons. The van der Waals surface area contributed by atoms with Gasteiger partial charge in [-0.05, 0) is 50.2 Å². The first-order chi connectivity index (χ1) is 15.1. The minimum atomic E-state index is -4.47. The maximum atomic E-state index is 12.6. The molecule has 1 N–H and O–H groups in total. The van der Waals surface area contributed by atoms with E-state index >= 15 is 0 Å². The number of hydrogen-bond acceptors (Lipinski definition) is 3. The molecule has 0 spiro atoms. The number of benzene rings is 2. The van der Waals surface area contributed by atoms with Gasteiger partial charge in [0, 0.05) is 30.4 Å². The Labute approximate surface area is 183 Å². The first-order valence-electron chi connectivity index (χ1n) is 9.88. The number of para-hydroxylation sites is 1. The number of nitrogens with zero attached hydrogens (tertiary/aromatic N) is 3. The van der Waals surface area contributed by atoms with Crippen LogP contribution in [0.4, 0.5) is 13.2 Å². The third-order valence-electron chi connectivity index (χ3n) is 5.14. The Hall–Kier alpha value is -3.62. The number of likely N-dealkylation sites (N-methyl/N-ethyl adjacent to an activating group) is 1. The molecule has 1 aromatic heterocycles. The summed E-state index contributed by atoms with van der Waals surface area (Å²) in [4.78, 5) is 26.2. The zero-order valence-corrected chi connectivity index (χ0v) is 17.9. The van der Waals surface area contributed by atoms with Gasteiger partial charge in [0.1, 0.15) is 0 Å². The van der Waals surface area contributed by atoms with Gasteiger partial charge < -0.3 is 10.2 Å². The SMILES string of the molecule is Cc1nn(-c2ccccc2)c(C)c1CN(C)C(=O)CNC(=O)c1ccc(C(F)(F)F)cc1. The molecule has 9 heteroatoms. The van der Waals surface area contributed by atoms with Gasteiger partial charge in [-0.25, -0.2) is 4.68 Å². The molecular formula is C23H23F3N4O2. The standard InChI is InChI=1S/C23H23F3N4O2/c1-15-20(16(2)30(28-15)19-7-5-4-6-8-19)14-29(3)21(31)13-27-22(32)17-9-11-18(12-10-17)23(24,25)26/h4-12H,13-14H2,1-3H3,(H,27,32). The Balaban J connectivity index is 1.61. The van der Waals surface area contributed by atoms with E-state index in [2.05, 4.69) is 10.4 Å². The van der Waals surface area contributed by atoms with E-state index in [1.165, 1.54) is 4.90 Å². The summed E-state index contributed by atoms with van der Waals surface area (Å²) in [7, 11) is 1.62. The molecule has 0 atom stereocenters. The Morgan fingerprint density at radius 3 is 2.25 bits per heavy atom. The van der Waals surface area contributed by atoms with E-state index in [0.717, 1.165) is 46.9 Å². The van der Waals surface area contributed by atoms with Gasteiger partial charge in [-0.3, -0.25) is 9.59 Å². The molecule has 0 saturated heterocycles. The molecule has 0 aliphatic heterocycles. The van der Waals surface area contributed by atoms with Crippen molar-refractivity contribution in [1.82, 2.24) is 20.0 Å². The van der Waals surface area contributed by atoms with E-state index in [4.69, 9.17) is 0 Å². The van der Waals surface area contributed by atoms with Crippen LogP contribution < -0.4 is 5.32 Å². The molecule has 6 nitrogen and oxygen atoms in total. The van der Waals surface area contributed by atoms with Crippen molar-refractivity contribution in [2.75, 3.05) is 13.6 Å². The number of rotatable bonds is 6. The lowest BCUT2D eigenvalue weighted by Gasteiger charge is -2.18. The number of carbonyl (C=O) groups is 2. The average Bonchev–Trinajstić information content (AvgIpc) is 3.05. The van der Waals surface area contributed by atoms with Crippen molar-refractivity contribution in [3.63, 3.8) is 0 Å². The van der Waals surface area contributed by atoms with Crippen LogP contribution in [-0.2, 0) is 17.5 Å². The van der Waals surface area contributed by atoms with Crippen LogP contribution in [0.2, 0.25) is 0 Å². The van der Waals surface area contributed by atoms with E-state index in [0.29, 0.717) is 6.54 Å². The molecule has 2 aromatic carbocycles. The van der Waals surface area contributed by atoms with Gasteiger partial charge >= 0.3 is 6.18 Å². The summed E-state index contributed by atoms with van der Waals surface area (Å²) in [5.74, 6) is -0.957. The molecule has 0 radical (unpaired) electrons. The second-order valence-corrected chi connectivity index (χ2v) is 7.40. The zero-order chi connectivity index (χ0) is 23.5. The fourth-order valence-corrected chi connectivity index (χ4v) is 3.25. The second kappa shape index (κ2) is 9.25. The van der Waals surface area contributed by atoms with Crippen LogP contribution in [0.25, 0.3) is 5.69 Å². The monoisotopic (exact) mass is 444 g/mol. The molecule has 0 aliphatic carbocycles. The molecule has 0 saturated carbocycles. The highest BCUT2D eigenvalue weighted by atomic mass is 19.4. The minimum absolute atomic E-state index is 0.0456. The van der Waals surface area contributed by atoms with Crippen molar-refractivity contribution < 1.29 is 22.8 Å². The highest BCUT2D eigenvalue weighted by Crippen LogP contribution is 2.29. The highest BCUT2D eigenvalue weighted by molar-refractivity contribution is 5.96. The lowest BCUT2D eigenvalue weighted by atomic mass is 10.1. The average molecular weight is 444 g/mol. The van der Waals surface area contributed by atoms with Crippen LogP contribution in [0, 0.1) is 13.8 Å². The maximum absolute atomic E-state index is 12.6. The molecule has 32 heavy (non-hydrogen) atoms. The van der Waals surface area contributed by atoms with Gasteiger partial charge in [0.25, 0.3) is 5.91 Å². The number of hydrogen-bond donors (Lipinski definition) is 1. The van der Waals surface area contributed by atoms with Crippen molar-refractivity contribution in [3.8, 4) is 5.69 Å². The van der Waals surface area contributed by atoms with E-state index in [9.17, 15) is 22.8 Å². The van der Waals surface area contributed by atoms with Crippen LogP contribution in [-0.4, -0.2) is 40.1 Å². The van der Waals surface area contributed by atoms with Crippen molar-refractivity contribution in [2.45, 2.75) is 26.6 Å². The van der Waals surface area contributed by atoms with Crippen molar-refractivity contribution in [3.05, 3.63) is 82.7 Å². The Morgan fingerprint density at radius 2 is 1.66 bits per heavy atom. The number of aromatic nitrogens is 2. The molecule has 3 aromatic rings. The van der Waals surface area contributed by atoms with Crippen LogP contribution in [0.3, 0.4) is 0 Å². The second-order valence-electron chi connectivity index (χ2n) is 7.40. The van der Waals surface area contributed by atoms with Crippen molar-refractivity contribution in [2.24, 2.45) is 0 Å². The Kier molecular flexibility index (Phi) is 6.67. The summed E-state index contributed by atoms with van der Waals surface area (Å²) in [6.45, 7) is 3.82. The largest absolute Gasteiger partial charge is 0.416 e. The van der Waals surface area contributed by atoms with E-state index < -0.39 is 17.6 Å². The van der Waals surface area contributed by atoms with Gasteiger partial charge in [0.15, 0.2) is 0 Å². The third-order valence-corrected chi connectivity index (χ3v) is 5.14. The summed E-state index contributed by atoms with van der Waals surface area (Å²) >= 11 is 0. The molecule has 2 amide bonds. The van der Waals surface area contributed by atoms with Crippen LogP contribution in [0.15, 0.2) is 54.6 Å². The Morgan fingerprint density at radius 1 is 1.03 bits per heavy atom. The predicted molar refractivity (Wildman–Crippen MR) is 113 cm³/mol. The van der Waals surface area contributed by atoms with Crippen molar-refractivity contribution in [1.29, 1.82) is 0 Å². The molecule has 0 bridgehead atoms. The van der Waals surface area contributed by atoms with Gasteiger partial charge in [0.05, 0.1) is 23.5 Å². The molecule has 0 aliphatic rings. The molecule has 0 fully saturated rings. The molecule has 3 rings (SSSR count). The number of amides is 2. The minimum Gasteiger partial charge on any atom is -0.343 e. The number of aryl methyl sites for hydroxylation is 1. The normalized spacial score (nSPS) is 11.3. The topological polar surface area (TPSA) is 67.2 Å². The number of carbonyl (C=O) groups excluding carboxylic acids is 2. The maximum Gasteiger partial charge on any atom is 0.416 e. The summed E-state index contributed by atoms with van der Waals surface area (Å²) in [6, 6.07) is 13.5. The highest BCUT2D eigenvalue weighted by Gasteiger charge is 2.30. The summed E-state index contributed by atoms with van der Waals surface area (Å²) in [5.41, 5.74) is 2.72.